The van der Waals surface area contributed by atoms with Gasteiger partial charge in [-0.3, -0.25) is 9.59 Å². The van der Waals surface area contributed by atoms with Crippen LogP contribution in [0.15, 0.2) is 71.5 Å². The van der Waals surface area contributed by atoms with Crippen molar-refractivity contribution < 1.29 is 14.3 Å². The zero-order valence-electron chi connectivity index (χ0n) is 19.0. The minimum absolute atomic E-state index is 0.0594. The molecule has 6 heteroatoms. The van der Waals surface area contributed by atoms with Gasteiger partial charge in [0, 0.05) is 18.3 Å². The van der Waals surface area contributed by atoms with Crippen LogP contribution in [-0.4, -0.2) is 28.6 Å². The van der Waals surface area contributed by atoms with Gasteiger partial charge >= 0.3 is 5.97 Å². The van der Waals surface area contributed by atoms with Crippen molar-refractivity contribution in [2.45, 2.75) is 58.9 Å². The third-order valence-electron chi connectivity index (χ3n) is 5.57. The number of rotatable bonds is 10. The smallest absolute Gasteiger partial charge is 0.311 e. The maximum Gasteiger partial charge on any atom is 0.311 e. The SMILES string of the molecule is CCc1ccccc1NC=C1C(=O)N(C(CC)CCCC(=O)Oc2ccccc2)N=C1C. The van der Waals surface area contributed by atoms with Gasteiger partial charge in [-0.25, -0.2) is 5.01 Å². The number of amides is 1. The minimum atomic E-state index is -0.266. The van der Waals surface area contributed by atoms with Gasteiger partial charge in [0.25, 0.3) is 5.91 Å². The first-order chi connectivity index (χ1) is 15.5. The number of ether oxygens (including phenoxy) is 1. The van der Waals surface area contributed by atoms with Crippen LogP contribution in [0.5, 0.6) is 5.75 Å². The molecule has 32 heavy (non-hydrogen) atoms. The van der Waals surface area contributed by atoms with Gasteiger partial charge in [0.1, 0.15) is 5.75 Å². The number of anilines is 1. The van der Waals surface area contributed by atoms with Gasteiger partial charge in [-0.05, 0) is 56.4 Å². The first kappa shape index (κ1) is 23.3. The molecule has 0 bridgehead atoms. The monoisotopic (exact) mass is 433 g/mol. The molecule has 1 unspecified atom stereocenters. The largest absolute Gasteiger partial charge is 0.427 e. The van der Waals surface area contributed by atoms with Gasteiger partial charge in [-0.1, -0.05) is 50.2 Å². The van der Waals surface area contributed by atoms with Crippen molar-refractivity contribution in [1.82, 2.24) is 5.01 Å². The highest BCUT2D eigenvalue weighted by molar-refractivity contribution is 6.24. The van der Waals surface area contributed by atoms with E-state index in [-0.39, 0.29) is 17.9 Å². The number of nitrogens with one attached hydrogen (secondary N) is 1. The lowest BCUT2D eigenvalue weighted by atomic mass is 10.1. The molecule has 6 nitrogen and oxygen atoms in total. The van der Waals surface area contributed by atoms with Gasteiger partial charge in [0.05, 0.1) is 17.3 Å². The van der Waals surface area contributed by atoms with Crippen LogP contribution in [0.1, 0.15) is 52.0 Å². The third-order valence-corrected chi connectivity index (χ3v) is 5.57. The summed E-state index contributed by atoms with van der Waals surface area (Å²) in [5.74, 6) is 0.173. The van der Waals surface area contributed by atoms with E-state index >= 15 is 0 Å². The summed E-state index contributed by atoms with van der Waals surface area (Å²) in [4.78, 5) is 25.1. The van der Waals surface area contributed by atoms with E-state index in [0.29, 0.717) is 36.3 Å². The first-order valence-electron chi connectivity index (χ1n) is 11.2. The fourth-order valence-electron chi connectivity index (χ4n) is 3.72. The lowest BCUT2D eigenvalue weighted by Crippen LogP contribution is -2.33. The second-order valence-corrected chi connectivity index (χ2v) is 7.79. The van der Waals surface area contributed by atoms with Crippen molar-refractivity contribution >= 4 is 23.3 Å². The Balaban J connectivity index is 1.56. The lowest BCUT2D eigenvalue weighted by molar-refractivity contribution is -0.134. The minimum Gasteiger partial charge on any atom is -0.427 e. The number of carbonyl (C=O) groups excluding carboxylic acids is 2. The van der Waals surface area contributed by atoms with E-state index in [9.17, 15) is 9.59 Å². The molecular weight excluding hydrogens is 402 g/mol. The fraction of sp³-hybridized carbons (Fsp3) is 0.346. The normalized spacial score (nSPS) is 15.6. The number of aryl methyl sites for hydroxylation is 1. The molecule has 1 heterocycles. The summed E-state index contributed by atoms with van der Waals surface area (Å²) in [6.45, 7) is 5.98. The molecule has 1 amide bonds. The number of benzene rings is 2. The molecule has 168 valence electrons. The summed E-state index contributed by atoms with van der Waals surface area (Å²) in [5.41, 5.74) is 3.44. The van der Waals surface area contributed by atoms with Crippen LogP contribution in [-0.2, 0) is 16.0 Å². The van der Waals surface area contributed by atoms with Crippen molar-refractivity contribution in [2.75, 3.05) is 5.32 Å². The van der Waals surface area contributed by atoms with Crippen LogP contribution in [0.4, 0.5) is 5.69 Å². The van der Waals surface area contributed by atoms with Crippen LogP contribution >= 0.6 is 0 Å². The summed E-state index contributed by atoms with van der Waals surface area (Å²) >= 11 is 0. The summed E-state index contributed by atoms with van der Waals surface area (Å²) in [6, 6.07) is 17.0. The average molecular weight is 434 g/mol. The molecule has 0 fully saturated rings. The summed E-state index contributed by atoms with van der Waals surface area (Å²) in [6.07, 6.45) is 5.03. The van der Waals surface area contributed by atoms with Crippen LogP contribution < -0.4 is 10.1 Å². The fourth-order valence-corrected chi connectivity index (χ4v) is 3.72. The highest BCUT2D eigenvalue weighted by Gasteiger charge is 2.32. The molecule has 0 aromatic heterocycles. The molecule has 1 N–H and O–H groups in total. The number of hydrogen-bond donors (Lipinski definition) is 1. The molecule has 0 aliphatic carbocycles. The standard InChI is InChI=1S/C26H31N3O3/c1-4-20-12-9-10-16-24(20)27-18-23-19(3)28-29(26(23)31)21(5-2)13-11-17-25(30)32-22-14-7-6-8-15-22/h6-10,12,14-16,18,21,27H,4-5,11,13,17H2,1-3H3. The van der Waals surface area contributed by atoms with Gasteiger partial charge in [0.15, 0.2) is 0 Å². The van der Waals surface area contributed by atoms with Crippen molar-refractivity contribution in [3.8, 4) is 5.75 Å². The van der Waals surface area contributed by atoms with Crippen LogP contribution in [0.25, 0.3) is 0 Å². The number of esters is 1. The van der Waals surface area contributed by atoms with Crippen molar-refractivity contribution in [2.24, 2.45) is 5.10 Å². The Morgan fingerprint density at radius 1 is 1.12 bits per heavy atom. The van der Waals surface area contributed by atoms with Crippen molar-refractivity contribution in [3.05, 3.63) is 71.9 Å². The molecule has 0 saturated carbocycles. The van der Waals surface area contributed by atoms with Crippen molar-refractivity contribution in [1.29, 1.82) is 0 Å². The predicted molar refractivity (Wildman–Crippen MR) is 127 cm³/mol. The van der Waals surface area contributed by atoms with E-state index in [1.54, 1.807) is 23.3 Å². The van der Waals surface area contributed by atoms with Gasteiger partial charge < -0.3 is 10.1 Å². The van der Waals surface area contributed by atoms with E-state index < -0.39 is 0 Å². The van der Waals surface area contributed by atoms with Gasteiger partial charge in [-0.2, -0.15) is 5.10 Å². The summed E-state index contributed by atoms with van der Waals surface area (Å²) in [7, 11) is 0. The molecule has 2 aromatic rings. The molecule has 1 atom stereocenters. The molecule has 0 saturated heterocycles. The molecule has 1 aliphatic heterocycles. The van der Waals surface area contributed by atoms with E-state index in [2.05, 4.69) is 23.4 Å². The number of hydrogen-bond acceptors (Lipinski definition) is 5. The van der Waals surface area contributed by atoms with Gasteiger partial charge in [-0.15, -0.1) is 0 Å². The highest BCUT2D eigenvalue weighted by atomic mass is 16.5. The Kier molecular flexibility index (Phi) is 8.20. The number of para-hydroxylation sites is 2. The van der Waals surface area contributed by atoms with Crippen LogP contribution in [0.2, 0.25) is 0 Å². The highest BCUT2D eigenvalue weighted by Crippen LogP contribution is 2.24. The molecule has 3 rings (SSSR count). The first-order valence-corrected chi connectivity index (χ1v) is 11.2. The van der Waals surface area contributed by atoms with Crippen LogP contribution in [0, 0.1) is 0 Å². The number of carbonyl (C=O) groups is 2. The maximum absolute atomic E-state index is 13.0. The molecule has 2 aromatic carbocycles. The Hall–Kier alpha value is -3.41. The maximum atomic E-state index is 13.0. The molecule has 1 aliphatic rings. The Morgan fingerprint density at radius 3 is 2.56 bits per heavy atom. The quantitative estimate of drug-likeness (QED) is 0.313. The second kappa shape index (κ2) is 11.3. The third kappa shape index (κ3) is 5.84. The van der Waals surface area contributed by atoms with E-state index in [4.69, 9.17) is 4.74 Å². The molecule has 0 spiro atoms. The topological polar surface area (TPSA) is 71.0 Å². The lowest BCUT2D eigenvalue weighted by Gasteiger charge is -2.23. The number of hydrazone groups is 1. The molecular formula is C26H31N3O3. The average Bonchev–Trinajstić information content (AvgIpc) is 3.09. The van der Waals surface area contributed by atoms with E-state index in [0.717, 1.165) is 18.5 Å². The van der Waals surface area contributed by atoms with E-state index in [1.165, 1.54) is 5.56 Å². The zero-order valence-corrected chi connectivity index (χ0v) is 19.0. The molecule has 0 radical (unpaired) electrons. The van der Waals surface area contributed by atoms with Gasteiger partial charge in [0.2, 0.25) is 0 Å². The zero-order chi connectivity index (χ0) is 22.9. The Labute approximate surface area is 190 Å². The second-order valence-electron chi connectivity index (χ2n) is 7.79. The Bertz CT molecular complexity index is 998. The predicted octanol–water partition coefficient (Wildman–Crippen LogP) is 5.32. The van der Waals surface area contributed by atoms with Crippen molar-refractivity contribution in [3.63, 3.8) is 0 Å². The van der Waals surface area contributed by atoms with Crippen LogP contribution in [0.3, 0.4) is 0 Å². The summed E-state index contributed by atoms with van der Waals surface area (Å²) in [5, 5.41) is 9.36. The summed E-state index contributed by atoms with van der Waals surface area (Å²) < 4.78 is 5.34. The Morgan fingerprint density at radius 2 is 1.84 bits per heavy atom. The van der Waals surface area contributed by atoms with E-state index in [1.807, 2.05) is 50.2 Å². The number of nitrogens with zero attached hydrogens (tertiary/aromatic N) is 2.